The van der Waals surface area contributed by atoms with Crippen molar-refractivity contribution in [2.45, 2.75) is 6.42 Å². The van der Waals surface area contributed by atoms with Crippen molar-refractivity contribution in [1.82, 2.24) is 0 Å². The minimum Gasteiger partial charge on any atom is -0.490 e. The van der Waals surface area contributed by atoms with Gasteiger partial charge in [-0.2, -0.15) is 0 Å². The number of fused-ring (bicyclic) bond motifs is 1. The fourth-order valence-electron chi connectivity index (χ4n) is 1.67. The molecule has 1 aliphatic rings. The summed E-state index contributed by atoms with van der Waals surface area (Å²) in [6.45, 7) is 0.161. The number of carboxylic acids is 1. The number of anilines is 1. The van der Waals surface area contributed by atoms with Crippen molar-refractivity contribution in [2.75, 3.05) is 12.3 Å². The van der Waals surface area contributed by atoms with Crippen molar-refractivity contribution in [3.05, 3.63) is 22.7 Å². The van der Waals surface area contributed by atoms with Crippen LogP contribution in [0.2, 0.25) is 5.02 Å². The predicted octanol–water partition coefficient (Wildman–Crippen LogP) is 1.56. The summed E-state index contributed by atoms with van der Waals surface area (Å²) in [6.07, 6.45) is 0.412. The lowest BCUT2D eigenvalue weighted by Crippen LogP contribution is -2.28. The van der Waals surface area contributed by atoms with E-state index in [-0.39, 0.29) is 6.61 Å². The van der Waals surface area contributed by atoms with Crippen LogP contribution in [0.25, 0.3) is 0 Å². The van der Waals surface area contributed by atoms with E-state index in [9.17, 15) is 4.79 Å². The Kier molecular flexibility index (Phi) is 2.44. The standard InChI is InChI=1S/C10H10ClNO3/c11-7-2-5-1-6(10(13)14)4-15-9(5)8(12)3-7/h2-3,6H,1,4,12H2,(H,13,14)/t6-/m0/s1. The summed E-state index contributed by atoms with van der Waals surface area (Å²) in [5.41, 5.74) is 6.93. The molecule has 0 radical (unpaired) electrons. The van der Waals surface area contributed by atoms with Gasteiger partial charge in [0.25, 0.3) is 0 Å². The quantitative estimate of drug-likeness (QED) is 0.714. The van der Waals surface area contributed by atoms with Crippen LogP contribution in [0.15, 0.2) is 12.1 Å². The second kappa shape index (κ2) is 3.62. The van der Waals surface area contributed by atoms with Crippen LogP contribution in [0.4, 0.5) is 5.69 Å². The normalized spacial score (nSPS) is 19.1. The Morgan fingerprint density at radius 1 is 1.60 bits per heavy atom. The highest BCUT2D eigenvalue weighted by Crippen LogP contribution is 2.35. The number of hydrogen-bond donors (Lipinski definition) is 2. The molecule has 3 N–H and O–H groups in total. The number of aliphatic carboxylic acids is 1. The summed E-state index contributed by atoms with van der Waals surface area (Å²) in [7, 11) is 0. The van der Waals surface area contributed by atoms with Crippen molar-refractivity contribution < 1.29 is 14.6 Å². The molecule has 1 aliphatic heterocycles. The molecule has 1 aromatic carbocycles. The maximum Gasteiger partial charge on any atom is 0.310 e. The Balaban J connectivity index is 2.37. The summed E-state index contributed by atoms with van der Waals surface area (Å²) in [5, 5.41) is 9.36. The molecule has 4 nitrogen and oxygen atoms in total. The highest BCUT2D eigenvalue weighted by molar-refractivity contribution is 6.31. The fraction of sp³-hybridized carbons (Fsp3) is 0.300. The van der Waals surface area contributed by atoms with E-state index in [1.54, 1.807) is 12.1 Å². The van der Waals surface area contributed by atoms with Gasteiger partial charge >= 0.3 is 5.97 Å². The largest absolute Gasteiger partial charge is 0.490 e. The number of carboxylic acid groups (broad SMARTS) is 1. The first-order valence-electron chi connectivity index (χ1n) is 4.51. The molecule has 0 bridgehead atoms. The summed E-state index contributed by atoms with van der Waals surface area (Å²) < 4.78 is 5.32. The fourth-order valence-corrected chi connectivity index (χ4v) is 1.92. The summed E-state index contributed by atoms with van der Waals surface area (Å²) in [5.74, 6) is -0.813. The molecule has 80 valence electrons. The zero-order valence-electron chi connectivity index (χ0n) is 7.87. The molecule has 0 amide bonds. The predicted molar refractivity (Wildman–Crippen MR) is 56.2 cm³/mol. The number of ether oxygens (including phenoxy) is 1. The van der Waals surface area contributed by atoms with E-state index in [1.807, 2.05) is 0 Å². The van der Waals surface area contributed by atoms with Gasteiger partial charge in [-0.05, 0) is 24.1 Å². The van der Waals surface area contributed by atoms with Crippen LogP contribution >= 0.6 is 11.6 Å². The number of halogens is 1. The van der Waals surface area contributed by atoms with Gasteiger partial charge in [0.1, 0.15) is 12.4 Å². The first-order valence-corrected chi connectivity index (χ1v) is 4.89. The Bertz CT molecular complexity index is 419. The number of benzene rings is 1. The smallest absolute Gasteiger partial charge is 0.310 e. The molecule has 0 unspecified atom stereocenters. The van der Waals surface area contributed by atoms with Crippen LogP contribution in [0, 0.1) is 5.92 Å². The number of carbonyl (C=O) groups is 1. The van der Waals surface area contributed by atoms with E-state index in [0.717, 1.165) is 5.56 Å². The average Bonchev–Trinajstić information content (AvgIpc) is 2.16. The minimum absolute atomic E-state index is 0.161. The zero-order valence-corrected chi connectivity index (χ0v) is 8.62. The van der Waals surface area contributed by atoms with Gasteiger partial charge in [-0.3, -0.25) is 4.79 Å². The van der Waals surface area contributed by atoms with Gasteiger partial charge in [0.05, 0.1) is 11.6 Å². The number of nitrogens with two attached hydrogens (primary N) is 1. The SMILES string of the molecule is Nc1cc(Cl)cc2c1OC[C@@H](C(=O)O)C2. The van der Waals surface area contributed by atoms with E-state index in [2.05, 4.69) is 0 Å². The zero-order chi connectivity index (χ0) is 11.0. The second-order valence-corrected chi connectivity index (χ2v) is 3.97. The Morgan fingerprint density at radius 2 is 2.33 bits per heavy atom. The third-order valence-electron chi connectivity index (χ3n) is 2.40. The molecule has 1 aromatic rings. The van der Waals surface area contributed by atoms with Crippen LogP contribution in [-0.4, -0.2) is 17.7 Å². The van der Waals surface area contributed by atoms with E-state index in [0.29, 0.717) is 22.9 Å². The molecule has 0 saturated heterocycles. The third-order valence-corrected chi connectivity index (χ3v) is 2.62. The van der Waals surface area contributed by atoms with E-state index < -0.39 is 11.9 Å². The van der Waals surface area contributed by atoms with Crippen molar-refractivity contribution in [3.8, 4) is 5.75 Å². The first kappa shape index (κ1) is 10.1. The van der Waals surface area contributed by atoms with Crippen molar-refractivity contribution in [1.29, 1.82) is 0 Å². The van der Waals surface area contributed by atoms with Crippen LogP contribution in [0.1, 0.15) is 5.56 Å². The first-order chi connectivity index (χ1) is 7.08. The van der Waals surface area contributed by atoms with Crippen LogP contribution in [-0.2, 0) is 11.2 Å². The Morgan fingerprint density at radius 3 is 3.00 bits per heavy atom. The van der Waals surface area contributed by atoms with Gasteiger partial charge in [-0.25, -0.2) is 0 Å². The molecule has 1 heterocycles. The molecular weight excluding hydrogens is 218 g/mol. The van der Waals surface area contributed by atoms with Gasteiger partial charge in [0, 0.05) is 5.02 Å². The van der Waals surface area contributed by atoms with Crippen LogP contribution in [0.5, 0.6) is 5.75 Å². The molecular formula is C10H10ClNO3. The molecule has 0 aromatic heterocycles. The maximum atomic E-state index is 10.8. The monoisotopic (exact) mass is 227 g/mol. The number of nitrogen functional groups attached to an aromatic ring is 1. The highest BCUT2D eigenvalue weighted by Gasteiger charge is 2.27. The minimum atomic E-state index is -0.862. The topological polar surface area (TPSA) is 72.5 Å². The number of rotatable bonds is 1. The Hall–Kier alpha value is -1.42. The van der Waals surface area contributed by atoms with Crippen molar-refractivity contribution >= 4 is 23.3 Å². The lowest BCUT2D eigenvalue weighted by atomic mass is 9.96. The number of hydrogen-bond acceptors (Lipinski definition) is 3. The second-order valence-electron chi connectivity index (χ2n) is 3.53. The van der Waals surface area contributed by atoms with E-state index in [1.165, 1.54) is 0 Å². The van der Waals surface area contributed by atoms with Crippen molar-refractivity contribution in [3.63, 3.8) is 0 Å². The summed E-state index contributed by atoms with van der Waals surface area (Å²) in [4.78, 5) is 10.8. The van der Waals surface area contributed by atoms with Gasteiger partial charge in [0.15, 0.2) is 0 Å². The molecule has 0 spiro atoms. The van der Waals surface area contributed by atoms with Gasteiger partial charge in [-0.1, -0.05) is 11.6 Å². The lowest BCUT2D eigenvalue weighted by Gasteiger charge is -2.23. The molecule has 5 heteroatoms. The lowest BCUT2D eigenvalue weighted by molar-refractivity contribution is -0.143. The molecule has 0 fully saturated rings. The third kappa shape index (κ3) is 1.85. The van der Waals surface area contributed by atoms with Crippen molar-refractivity contribution in [2.24, 2.45) is 5.92 Å². The summed E-state index contributed by atoms with van der Waals surface area (Å²) >= 11 is 5.83. The maximum absolute atomic E-state index is 10.8. The van der Waals surface area contributed by atoms with E-state index in [4.69, 9.17) is 27.2 Å². The van der Waals surface area contributed by atoms with Crippen LogP contribution in [0.3, 0.4) is 0 Å². The summed E-state index contributed by atoms with van der Waals surface area (Å²) in [6, 6.07) is 3.30. The molecule has 2 rings (SSSR count). The highest BCUT2D eigenvalue weighted by atomic mass is 35.5. The van der Waals surface area contributed by atoms with Gasteiger partial charge < -0.3 is 15.6 Å². The average molecular weight is 228 g/mol. The Labute approximate surface area is 91.6 Å². The van der Waals surface area contributed by atoms with Gasteiger partial charge in [0.2, 0.25) is 0 Å². The van der Waals surface area contributed by atoms with E-state index >= 15 is 0 Å². The van der Waals surface area contributed by atoms with Gasteiger partial charge in [-0.15, -0.1) is 0 Å². The molecule has 1 atom stereocenters. The van der Waals surface area contributed by atoms with Crippen LogP contribution < -0.4 is 10.5 Å². The molecule has 0 aliphatic carbocycles. The molecule has 0 saturated carbocycles. The molecule has 15 heavy (non-hydrogen) atoms.